The van der Waals surface area contributed by atoms with E-state index >= 15 is 0 Å². The fourth-order valence-electron chi connectivity index (χ4n) is 2.66. The zero-order chi connectivity index (χ0) is 12.3. The van der Waals surface area contributed by atoms with Crippen LogP contribution in [0.3, 0.4) is 0 Å². The number of hydrogen-bond acceptors (Lipinski definition) is 2. The largest absolute Gasteiger partial charge is 0.298 e. The minimum Gasteiger partial charge on any atom is -0.298 e. The minimum absolute atomic E-state index is 0.333. The van der Waals surface area contributed by atoms with Gasteiger partial charge in [0.2, 0.25) is 0 Å². The van der Waals surface area contributed by atoms with Crippen LogP contribution in [0.2, 0.25) is 0 Å². The molecule has 0 saturated carbocycles. The summed E-state index contributed by atoms with van der Waals surface area (Å²) in [4.78, 5) is 6.80. The molecular formula is C15H24N2. The summed E-state index contributed by atoms with van der Waals surface area (Å²) < 4.78 is 0. The molecule has 0 aliphatic carbocycles. The van der Waals surface area contributed by atoms with Crippen molar-refractivity contribution in [1.29, 1.82) is 0 Å². The molecule has 1 saturated heterocycles. The van der Waals surface area contributed by atoms with Gasteiger partial charge in [0.1, 0.15) is 0 Å². The van der Waals surface area contributed by atoms with E-state index < -0.39 is 0 Å². The molecule has 1 aromatic heterocycles. The molecule has 2 heteroatoms. The summed E-state index contributed by atoms with van der Waals surface area (Å²) in [6, 6.07) is 4.24. The predicted octanol–water partition coefficient (Wildman–Crippen LogP) is 3.13. The van der Waals surface area contributed by atoms with E-state index in [0.29, 0.717) is 5.54 Å². The van der Waals surface area contributed by atoms with Gasteiger partial charge in [-0.05, 0) is 70.7 Å². The Kier molecular flexibility index (Phi) is 3.82. The molecule has 0 unspecified atom stereocenters. The van der Waals surface area contributed by atoms with Crippen LogP contribution in [0.15, 0.2) is 24.5 Å². The van der Waals surface area contributed by atoms with E-state index in [4.69, 9.17) is 0 Å². The molecule has 0 aromatic carbocycles. The smallest absolute Gasteiger partial charge is 0.0299 e. The van der Waals surface area contributed by atoms with Crippen LogP contribution < -0.4 is 0 Å². The highest BCUT2D eigenvalue weighted by atomic mass is 15.2. The Labute approximate surface area is 105 Å². The average molecular weight is 232 g/mol. The summed E-state index contributed by atoms with van der Waals surface area (Å²) in [6.45, 7) is 9.43. The predicted molar refractivity (Wildman–Crippen MR) is 72.0 cm³/mol. The van der Waals surface area contributed by atoms with E-state index in [0.717, 1.165) is 5.92 Å². The molecule has 94 valence electrons. The fraction of sp³-hybridized carbons (Fsp3) is 0.667. The first kappa shape index (κ1) is 12.6. The van der Waals surface area contributed by atoms with Crippen molar-refractivity contribution in [2.24, 2.45) is 5.92 Å². The van der Waals surface area contributed by atoms with Crippen molar-refractivity contribution in [3.8, 4) is 0 Å². The van der Waals surface area contributed by atoms with Crippen LogP contribution in [0.1, 0.15) is 39.2 Å². The topological polar surface area (TPSA) is 16.1 Å². The highest BCUT2D eigenvalue weighted by Crippen LogP contribution is 2.25. The van der Waals surface area contributed by atoms with Crippen molar-refractivity contribution in [1.82, 2.24) is 9.88 Å². The molecule has 2 heterocycles. The molecule has 2 rings (SSSR count). The van der Waals surface area contributed by atoms with Gasteiger partial charge in [0.25, 0.3) is 0 Å². The zero-order valence-electron chi connectivity index (χ0n) is 11.3. The standard InChI is InChI=1S/C15H24N2/c1-15(2,3)17-9-6-13(7-10-17)11-14-5-4-8-16-12-14/h4-5,8,12-13H,6-7,9-11H2,1-3H3. The number of nitrogens with zero attached hydrogens (tertiary/aromatic N) is 2. The third-order valence-electron chi connectivity index (χ3n) is 3.81. The highest BCUT2D eigenvalue weighted by molar-refractivity contribution is 5.09. The zero-order valence-corrected chi connectivity index (χ0v) is 11.3. The molecule has 0 spiro atoms. The Morgan fingerprint density at radius 3 is 2.53 bits per heavy atom. The van der Waals surface area contributed by atoms with Gasteiger partial charge in [-0.3, -0.25) is 9.88 Å². The Bertz CT molecular complexity index is 332. The van der Waals surface area contributed by atoms with Crippen LogP contribution in [-0.4, -0.2) is 28.5 Å². The van der Waals surface area contributed by atoms with Gasteiger partial charge in [0, 0.05) is 17.9 Å². The second-order valence-corrected chi connectivity index (χ2v) is 6.17. The Hall–Kier alpha value is -0.890. The Morgan fingerprint density at radius 1 is 1.29 bits per heavy atom. The van der Waals surface area contributed by atoms with Crippen molar-refractivity contribution in [3.63, 3.8) is 0 Å². The molecule has 17 heavy (non-hydrogen) atoms. The van der Waals surface area contributed by atoms with E-state index in [1.807, 2.05) is 18.5 Å². The minimum atomic E-state index is 0.333. The molecule has 0 amide bonds. The number of hydrogen-bond donors (Lipinski definition) is 0. The maximum Gasteiger partial charge on any atom is 0.0299 e. The summed E-state index contributed by atoms with van der Waals surface area (Å²) in [5, 5.41) is 0. The summed E-state index contributed by atoms with van der Waals surface area (Å²) in [5.74, 6) is 0.845. The van der Waals surface area contributed by atoms with Crippen LogP contribution in [0.5, 0.6) is 0 Å². The Balaban J connectivity index is 1.84. The van der Waals surface area contributed by atoms with Crippen LogP contribution >= 0.6 is 0 Å². The lowest BCUT2D eigenvalue weighted by molar-refractivity contribution is 0.0876. The maximum absolute atomic E-state index is 4.19. The summed E-state index contributed by atoms with van der Waals surface area (Å²) >= 11 is 0. The summed E-state index contributed by atoms with van der Waals surface area (Å²) in [7, 11) is 0. The molecule has 2 nitrogen and oxygen atoms in total. The van der Waals surface area contributed by atoms with Gasteiger partial charge in [-0.25, -0.2) is 0 Å². The van der Waals surface area contributed by atoms with Crippen molar-refractivity contribution in [2.75, 3.05) is 13.1 Å². The van der Waals surface area contributed by atoms with Gasteiger partial charge in [-0.2, -0.15) is 0 Å². The molecule has 1 aliphatic heterocycles. The number of aromatic nitrogens is 1. The first-order chi connectivity index (χ1) is 8.05. The van der Waals surface area contributed by atoms with Gasteiger partial charge < -0.3 is 0 Å². The van der Waals surface area contributed by atoms with E-state index in [2.05, 4.69) is 36.7 Å². The summed E-state index contributed by atoms with van der Waals surface area (Å²) in [5.41, 5.74) is 1.72. The molecular weight excluding hydrogens is 208 g/mol. The lowest BCUT2D eigenvalue weighted by atomic mass is 9.88. The third kappa shape index (κ3) is 3.53. The lowest BCUT2D eigenvalue weighted by Crippen LogP contribution is -2.46. The molecule has 0 bridgehead atoms. The lowest BCUT2D eigenvalue weighted by Gasteiger charge is -2.41. The van der Waals surface area contributed by atoms with Gasteiger partial charge in [0.15, 0.2) is 0 Å². The Morgan fingerprint density at radius 2 is 2.00 bits per heavy atom. The van der Waals surface area contributed by atoms with Gasteiger partial charge in [-0.1, -0.05) is 6.07 Å². The molecule has 1 aromatic rings. The van der Waals surface area contributed by atoms with Gasteiger partial charge >= 0.3 is 0 Å². The first-order valence-electron chi connectivity index (χ1n) is 6.69. The van der Waals surface area contributed by atoms with Crippen molar-refractivity contribution >= 4 is 0 Å². The van der Waals surface area contributed by atoms with Gasteiger partial charge in [0.05, 0.1) is 0 Å². The molecule has 0 radical (unpaired) electrons. The number of likely N-dealkylation sites (tertiary alicyclic amines) is 1. The molecule has 0 N–H and O–H groups in total. The van der Waals surface area contributed by atoms with Crippen LogP contribution in [0.25, 0.3) is 0 Å². The number of pyridine rings is 1. The fourth-order valence-corrected chi connectivity index (χ4v) is 2.66. The molecule has 0 atom stereocenters. The van der Waals surface area contributed by atoms with Crippen LogP contribution in [-0.2, 0) is 6.42 Å². The normalized spacial score (nSPS) is 19.5. The van der Waals surface area contributed by atoms with Crippen molar-refractivity contribution in [3.05, 3.63) is 30.1 Å². The van der Waals surface area contributed by atoms with Crippen molar-refractivity contribution in [2.45, 2.75) is 45.6 Å². The molecule has 1 aliphatic rings. The summed E-state index contributed by atoms with van der Waals surface area (Å²) in [6.07, 6.45) is 7.71. The maximum atomic E-state index is 4.19. The monoisotopic (exact) mass is 232 g/mol. The van der Waals surface area contributed by atoms with E-state index in [1.165, 1.54) is 37.9 Å². The number of rotatable bonds is 2. The molecule has 1 fully saturated rings. The van der Waals surface area contributed by atoms with Crippen LogP contribution in [0.4, 0.5) is 0 Å². The SMILES string of the molecule is CC(C)(C)N1CCC(Cc2cccnc2)CC1. The highest BCUT2D eigenvalue weighted by Gasteiger charge is 2.26. The number of piperidine rings is 1. The third-order valence-corrected chi connectivity index (χ3v) is 3.81. The van der Waals surface area contributed by atoms with E-state index in [-0.39, 0.29) is 0 Å². The van der Waals surface area contributed by atoms with E-state index in [9.17, 15) is 0 Å². The van der Waals surface area contributed by atoms with E-state index in [1.54, 1.807) is 0 Å². The quantitative estimate of drug-likeness (QED) is 0.779. The second-order valence-electron chi connectivity index (χ2n) is 6.17. The average Bonchev–Trinajstić information content (AvgIpc) is 2.30. The first-order valence-corrected chi connectivity index (χ1v) is 6.69. The van der Waals surface area contributed by atoms with Gasteiger partial charge in [-0.15, -0.1) is 0 Å². The van der Waals surface area contributed by atoms with Crippen LogP contribution in [0, 0.1) is 5.92 Å². The second kappa shape index (κ2) is 5.18. The van der Waals surface area contributed by atoms with Crippen molar-refractivity contribution < 1.29 is 0 Å².